The number of amides is 2. The van der Waals surface area contributed by atoms with Crippen LogP contribution in [0.25, 0.3) is 0 Å². The summed E-state index contributed by atoms with van der Waals surface area (Å²) in [5, 5.41) is 7.75. The number of nitrogens with zero attached hydrogens (tertiary/aromatic N) is 2. The number of carbonyl (C=O) groups excluding carboxylic acids is 4. The molecule has 0 saturated carbocycles. The third-order valence-corrected chi connectivity index (χ3v) is 5.59. The van der Waals surface area contributed by atoms with Crippen molar-refractivity contribution >= 4 is 36.2 Å². The third-order valence-electron chi connectivity index (χ3n) is 5.59. The Morgan fingerprint density at radius 2 is 0.881 bits per heavy atom. The summed E-state index contributed by atoms with van der Waals surface area (Å²) in [5.41, 5.74) is 6.95. The smallest absolute Gasteiger partial charge is 0.343 e. The summed E-state index contributed by atoms with van der Waals surface area (Å²) >= 11 is 0. The number of rotatable bonds is 11. The lowest BCUT2D eigenvalue weighted by atomic mass is 10.2. The van der Waals surface area contributed by atoms with E-state index in [9.17, 15) is 19.2 Å². The molecular weight excluding hydrogens is 536 g/mol. The van der Waals surface area contributed by atoms with Crippen molar-refractivity contribution in [2.24, 2.45) is 10.2 Å². The van der Waals surface area contributed by atoms with Gasteiger partial charge in [-0.15, -0.1) is 0 Å². The number of carbonyl (C=O) groups is 4. The van der Waals surface area contributed by atoms with E-state index in [0.717, 1.165) is 0 Å². The summed E-state index contributed by atoms with van der Waals surface area (Å²) in [7, 11) is 0. The van der Waals surface area contributed by atoms with Crippen LogP contribution in [0, 0.1) is 0 Å². The summed E-state index contributed by atoms with van der Waals surface area (Å²) < 4.78 is 10.6. The molecule has 210 valence electrons. The topological polar surface area (TPSA) is 136 Å². The van der Waals surface area contributed by atoms with Gasteiger partial charge in [-0.3, -0.25) is 9.59 Å². The van der Waals surface area contributed by atoms with E-state index in [1.807, 2.05) is 12.1 Å². The van der Waals surface area contributed by atoms with Crippen molar-refractivity contribution in [3.05, 3.63) is 131 Å². The van der Waals surface area contributed by atoms with E-state index in [4.69, 9.17) is 9.47 Å². The number of hydrogen-bond acceptors (Lipinski definition) is 8. The lowest BCUT2D eigenvalue weighted by Gasteiger charge is -2.04. The molecule has 4 rings (SSSR count). The number of hydrogen-bond donors (Lipinski definition) is 2. The number of ether oxygens (including phenoxy) is 2. The highest BCUT2D eigenvalue weighted by Gasteiger charge is 2.09. The van der Waals surface area contributed by atoms with Crippen LogP contribution in [0.3, 0.4) is 0 Å². The van der Waals surface area contributed by atoms with Gasteiger partial charge in [0, 0.05) is 12.8 Å². The van der Waals surface area contributed by atoms with Crippen LogP contribution in [-0.2, 0) is 9.59 Å². The predicted octanol–water partition coefficient (Wildman–Crippen LogP) is 4.51. The standard InChI is InChI=1S/C32H26N4O6/c37-29(35-33-21-23-11-15-27(16-12-23)41-31(39)25-7-3-1-4-8-25)19-20-30(38)36-34-22-24-13-17-28(18-14-24)42-32(40)26-9-5-2-6-10-26/h1-18,21-22H,19-20H2,(H,35,37)(H,36,38)/b33-21+,34-22+. The Hall–Kier alpha value is -5.90. The van der Waals surface area contributed by atoms with E-state index in [-0.39, 0.29) is 12.8 Å². The van der Waals surface area contributed by atoms with Crippen LogP contribution in [-0.4, -0.2) is 36.2 Å². The largest absolute Gasteiger partial charge is 0.423 e. The first-order valence-electron chi connectivity index (χ1n) is 12.8. The molecule has 4 aromatic rings. The Kier molecular flexibility index (Phi) is 10.4. The van der Waals surface area contributed by atoms with Gasteiger partial charge >= 0.3 is 11.9 Å². The summed E-state index contributed by atoms with van der Waals surface area (Å²) in [6.07, 6.45) is 2.68. The SMILES string of the molecule is O=C(CCC(=O)N/N=C/c1ccc(OC(=O)c2ccccc2)cc1)N/N=C/c1ccc(OC(=O)c2ccccc2)cc1. The van der Waals surface area contributed by atoms with Crippen LogP contribution in [0.2, 0.25) is 0 Å². The van der Waals surface area contributed by atoms with Crippen LogP contribution < -0.4 is 20.3 Å². The van der Waals surface area contributed by atoms with Gasteiger partial charge in [-0.05, 0) is 83.9 Å². The lowest BCUT2D eigenvalue weighted by Crippen LogP contribution is -2.22. The van der Waals surface area contributed by atoms with Crippen LogP contribution in [0.5, 0.6) is 11.5 Å². The minimum atomic E-state index is -0.461. The van der Waals surface area contributed by atoms with Gasteiger partial charge in [-0.1, -0.05) is 36.4 Å². The van der Waals surface area contributed by atoms with Crippen molar-refractivity contribution < 1.29 is 28.7 Å². The van der Waals surface area contributed by atoms with E-state index < -0.39 is 23.8 Å². The molecule has 0 bridgehead atoms. The van der Waals surface area contributed by atoms with Crippen LogP contribution in [0.1, 0.15) is 44.7 Å². The molecule has 4 aromatic carbocycles. The Labute approximate surface area is 241 Å². The fourth-order valence-electron chi connectivity index (χ4n) is 3.42. The minimum Gasteiger partial charge on any atom is -0.423 e. The van der Waals surface area contributed by atoms with Gasteiger partial charge in [-0.2, -0.15) is 10.2 Å². The molecule has 0 fully saturated rings. The molecule has 0 spiro atoms. The Morgan fingerprint density at radius 3 is 1.24 bits per heavy atom. The van der Waals surface area contributed by atoms with E-state index in [1.165, 1.54) is 12.4 Å². The maximum absolute atomic E-state index is 12.1. The monoisotopic (exact) mass is 562 g/mol. The van der Waals surface area contributed by atoms with Crippen molar-refractivity contribution in [3.63, 3.8) is 0 Å². The second-order valence-corrected chi connectivity index (χ2v) is 8.74. The van der Waals surface area contributed by atoms with Gasteiger partial charge in [0.05, 0.1) is 23.6 Å². The second kappa shape index (κ2) is 15.0. The highest BCUT2D eigenvalue weighted by atomic mass is 16.5. The fourth-order valence-corrected chi connectivity index (χ4v) is 3.42. The molecule has 0 saturated heterocycles. The molecule has 0 aliphatic heterocycles. The zero-order chi connectivity index (χ0) is 29.6. The minimum absolute atomic E-state index is 0.0887. The normalized spacial score (nSPS) is 10.8. The van der Waals surface area contributed by atoms with E-state index in [0.29, 0.717) is 33.8 Å². The highest BCUT2D eigenvalue weighted by Crippen LogP contribution is 2.15. The van der Waals surface area contributed by atoms with Gasteiger partial charge in [0.1, 0.15) is 11.5 Å². The first kappa shape index (κ1) is 29.1. The molecule has 10 nitrogen and oxygen atoms in total. The number of hydrazone groups is 2. The van der Waals surface area contributed by atoms with E-state index >= 15 is 0 Å². The number of esters is 2. The van der Waals surface area contributed by atoms with Crippen molar-refractivity contribution in [1.82, 2.24) is 10.9 Å². The molecule has 2 amide bonds. The molecule has 0 radical (unpaired) electrons. The van der Waals surface area contributed by atoms with Crippen LogP contribution in [0.4, 0.5) is 0 Å². The quantitative estimate of drug-likeness (QED) is 0.120. The van der Waals surface area contributed by atoms with Crippen molar-refractivity contribution in [3.8, 4) is 11.5 Å². The van der Waals surface area contributed by atoms with Crippen LogP contribution >= 0.6 is 0 Å². The molecule has 2 N–H and O–H groups in total. The summed E-state index contributed by atoms with van der Waals surface area (Å²) in [6.45, 7) is 0. The molecule has 42 heavy (non-hydrogen) atoms. The van der Waals surface area contributed by atoms with E-state index in [2.05, 4.69) is 21.1 Å². The third kappa shape index (κ3) is 9.38. The lowest BCUT2D eigenvalue weighted by molar-refractivity contribution is -0.126. The molecule has 0 aliphatic rings. The van der Waals surface area contributed by atoms with Crippen molar-refractivity contribution in [2.45, 2.75) is 12.8 Å². The first-order valence-corrected chi connectivity index (χ1v) is 12.8. The van der Waals surface area contributed by atoms with Gasteiger partial charge in [0.25, 0.3) is 0 Å². The number of nitrogens with one attached hydrogen (secondary N) is 2. The first-order chi connectivity index (χ1) is 20.5. The van der Waals surface area contributed by atoms with Gasteiger partial charge in [0.15, 0.2) is 0 Å². The number of benzene rings is 4. The van der Waals surface area contributed by atoms with Gasteiger partial charge < -0.3 is 9.47 Å². The van der Waals surface area contributed by atoms with Gasteiger partial charge in [0.2, 0.25) is 11.8 Å². The van der Waals surface area contributed by atoms with E-state index in [1.54, 1.807) is 97.1 Å². The van der Waals surface area contributed by atoms with Crippen molar-refractivity contribution in [1.29, 1.82) is 0 Å². The molecular formula is C32H26N4O6. The summed E-state index contributed by atoms with van der Waals surface area (Å²) in [5.74, 6) is -1.06. The molecule has 0 aliphatic carbocycles. The summed E-state index contributed by atoms with van der Waals surface area (Å²) in [6, 6.07) is 30.5. The Morgan fingerprint density at radius 1 is 0.524 bits per heavy atom. The maximum atomic E-state index is 12.1. The highest BCUT2D eigenvalue weighted by molar-refractivity contribution is 5.92. The molecule has 0 atom stereocenters. The molecule has 0 aromatic heterocycles. The Balaban J connectivity index is 1.13. The molecule has 10 heteroatoms. The maximum Gasteiger partial charge on any atom is 0.343 e. The average Bonchev–Trinajstić information content (AvgIpc) is 3.02. The molecule has 0 unspecified atom stereocenters. The zero-order valence-corrected chi connectivity index (χ0v) is 22.3. The predicted molar refractivity (Wildman–Crippen MR) is 156 cm³/mol. The Bertz CT molecular complexity index is 1450. The second-order valence-electron chi connectivity index (χ2n) is 8.74. The van der Waals surface area contributed by atoms with Gasteiger partial charge in [-0.25, -0.2) is 20.4 Å². The van der Waals surface area contributed by atoms with Crippen molar-refractivity contribution in [2.75, 3.05) is 0 Å². The fraction of sp³-hybridized carbons (Fsp3) is 0.0625. The summed E-state index contributed by atoms with van der Waals surface area (Å²) in [4.78, 5) is 48.2. The van der Waals surface area contributed by atoms with Crippen LogP contribution in [0.15, 0.2) is 119 Å². The zero-order valence-electron chi connectivity index (χ0n) is 22.3. The average molecular weight is 563 g/mol. The molecule has 0 heterocycles.